The Morgan fingerprint density at radius 3 is 2.74 bits per heavy atom. The maximum atomic E-state index is 13.0. The number of fused-ring (bicyclic) bond motifs is 2. The maximum Gasteiger partial charge on any atom is 0.138 e. The smallest absolute Gasteiger partial charge is 0.138 e. The molecular weight excluding hydrogens is 243 g/mol. The van der Waals surface area contributed by atoms with Crippen LogP contribution in [0, 0.1) is 11.7 Å². The molecule has 1 aromatic carbocycles. The Labute approximate surface area is 113 Å². The monoisotopic (exact) mass is 262 g/mol. The number of ether oxygens (including phenoxy) is 1. The highest BCUT2D eigenvalue weighted by molar-refractivity contribution is 5.82. The van der Waals surface area contributed by atoms with Crippen LogP contribution >= 0.6 is 0 Å². The van der Waals surface area contributed by atoms with Gasteiger partial charge in [0.2, 0.25) is 0 Å². The van der Waals surface area contributed by atoms with E-state index in [0.717, 1.165) is 24.8 Å². The van der Waals surface area contributed by atoms with Gasteiger partial charge in [-0.05, 0) is 42.9 Å². The summed E-state index contributed by atoms with van der Waals surface area (Å²) in [4.78, 5) is 12.3. The summed E-state index contributed by atoms with van der Waals surface area (Å²) >= 11 is 0. The molecule has 2 aliphatic rings. The number of hydrogen-bond acceptors (Lipinski definition) is 2. The molecular formula is C16H19FO2. The van der Waals surface area contributed by atoms with Crippen LogP contribution in [0.15, 0.2) is 24.3 Å². The van der Waals surface area contributed by atoms with Crippen molar-refractivity contribution in [1.82, 2.24) is 0 Å². The van der Waals surface area contributed by atoms with Gasteiger partial charge in [-0.3, -0.25) is 4.79 Å². The summed E-state index contributed by atoms with van der Waals surface area (Å²) < 4.78 is 19.0. The molecule has 0 aliphatic carbocycles. The largest absolute Gasteiger partial charge is 0.374 e. The summed E-state index contributed by atoms with van der Waals surface area (Å²) in [7, 11) is 0. The number of carbonyl (C=O) groups is 1. The van der Waals surface area contributed by atoms with Crippen molar-refractivity contribution in [3.05, 3.63) is 35.6 Å². The van der Waals surface area contributed by atoms with Gasteiger partial charge in [0.15, 0.2) is 0 Å². The van der Waals surface area contributed by atoms with Gasteiger partial charge in [-0.1, -0.05) is 19.1 Å². The molecule has 102 valence electrons. The van der Waals surface area contributed by atoms with Gasteiger partial charge in [-0.2, -0.15) is 0 Å². The third-order valence-corrected chi connectivity index (χ3v) is 4.51. The van der Waals surface area contributed by atoms with E-state index in [9.17, 15) is 9.18 Å². The molecule has 3 heteroatoms. The van der Waals surface area contributed by atoms with Crippen LogP contribution < -0.4 is 0 Å². The lowest BCUT2D eigenvalue weighted by atomic mass is 9.76. The van der Waals surface area contributed by atoms with Crippen LogP contribution in [0.3, 0.4) is 0 Å². The van der Waals surface area contributed by atoms with E-state index in [1.165, 1.54) is 12.1 Å². The lowest BCUT2D eigenvalue weighted by molar-refractivity contribution is -0.133. The highest BCUT2D eigenvalue weighted by Gasteiger charge is 2.46. The summed E-state index contributed by atoms with van der Waals surface area (Å²) in [5.74, 6) is 0.199. The highest BCUT2D eigenvalue weighted by atomic mass is 19.1. The number of Topliss-reactive ketones (excluding diaryl/α,β-unsaturated/α-hetero) is 1. The SMILES string of the molecule is CCC(=O)[C@@H]1[C@H]2CCC(C[C@H]1c1ccc(F)cc1)O2. The van der Waals surface area contributed by atoms with Crippen LogP contribution in [0.4, 0.5) is 4.39 Å². The molecule has 3 rings (SSSR count). The first-order valence-corrected chi connectivity index (χ1v) is 7.12. The van der Waals surface area contributed by atoms with E-state index in [1.54, 1.807) is 0 Å². The second kappa shape index (κ2) is 5.04. The van der Waals surface area contributed by atoms with Crippen molar-refractivity contribution in [2.45, 2.75) is 50.7 Å². The fraction of sp³-hybridized carbons (Fsp3) is 0.562. The summed E-state index contributed by atoms with van der Waals surface area (Å²) in [6, 6.07) is 6.61. The van der Waals surface area contributed by atoms with Gasteiger partial charge in [0.05, 0.1) is 18.1 Å². The molecule has 2 nitrogen and oxygen atoms in total. The molecule has 0 amide bonds. The Kier molecular flexibility index (Phi) is 3.40. The van der Waals surface area contributed by atoms with Gasteiger partial charge in [0.25, 0.3) is 0 Å². The van der Waals surface area contributed by atoms with E-state index in [4.69, 9.17) is 4.74 Å². The molecule has 0 spiro atoms. The first-order valence-electron chi connectivity index (χ1n) is 7.12. The van der Waals surface area contributed by atoms with Crippen LogP contribution in [0.25, 0.3) is 0 Å². The lowest BCUT2D eigenvalue weighted by Crippen LogP contribution is -2.38. The van der Waals surface area contributed by atoms with Crippen LogP contribution in [0.2, 0.25) is 0 Å². The number of hydrogen-bond donors (Lipinski definition) is 0. The summed E-state index contributed by atoms with van der Waals surface area (Å²) in [5, 5.41) is 0. The minimum Gasteiger partial charge on any atom is -0.374 e. The number of rotatable bonds is 3. The minimum atomic E-state index is -0.225. The fourth-order valence-electron chi connectivity index (χ4n) is 3.58. The van der Waals surface area contributed by atoms with E-state index in [2.05, 4.69) is 0 Å². The molecule has 0 radical (unpaired) electrons. The van der Waals surface area contributed by atoms with Crippen molar-refractivity contribution < 1.29 is 13.9 Å². The van der Waals surface area contributed by atoms with Gasteiger partial charge in [0, 0.05) is 6.42 Å². The molecule has 19 heavy (non-hydrogen) atoms. The third-order valence-electron chi connectivity index (χ3n) is 4.51. The van der Waals surface area contributed by atoms with Crippen molar-refractivity contribution in [3.63, 3.8) is 0 Å². The van der Waals surface area contributed by atoms with Crippen LogP contribution in [-0.4, -0.2) is 18.0 Å². The van der Waals surface area contributed by atoms with Crippen molar-refractivity contribution in [1.29, 1.82) is 0 Å². The molecule has 2 heterocycles. The van der Waals surface area contributed by atoms with Gasteiger partial charge in [-0.15, -0.1) is 0 Å². The molecule has 4 atom stereocenters. The van der Waals surface area contributed by atoms with Crippen molar-refractivity contribution in [2.24, 2.45) is 5.92 Å². The topological polar surface area (TPSA) is 26.3 Å². The van der Waals surface area contributed by atoms with E-state index < -0.39 is 0 Å². The summed E-state index contributed by atoms with van der Waals surface area (Å²) in [6.45, 7) is 1.91. The quantitative estimate of drug-likeness (QED) is 0.834. The minimum absolute atomic E-state index is 0.0470. The van der Waals surface area contributed by atoms with Crippen molar-refractivity contribution in [2.75, 3.05) is 0 Å². The van der Waals surface area contributed by atoms with Crippen molar-refractivity contribution >= 4 is 5.78 Å². The second-order valence-electron chi connectivity index (χ2n) is 5.61. The number of halogens is 1. The van der Waals surface area contributed by atoms with Gasteiger partial charge >= 0.3 is 0 Å². The standard InChI is InChI=1S/C16H19FO2/c1-2-14(18)16-13(9-12-7-8-15(16)19-12)10-3-5-11(17)6-4-10/h3-6,12-13,15-16H,2,7-9H2,1H3/t12?,13-,15+,16+/m0/s1. The fourth-order valence-corrected chi connectivity index (χ4v) is 3.58. The zero-order chi connectivity index (χ0) is 13.4. The van der Waals surface area contributed by atoms with E-state index >= 15 is 0 Å². The molecule has 2 bridgehead atoms. The Morgan fingerprint density at radius 1 is 1.32 bits per heavy atom. The van der Waals surface area contributed by atoms with E-state index in [0.29, 0.717) is 6.42 Å². The Bertz CT molecular complexity index is 468. The summed E-state index contributed by atoms with van der Waals surface area (Å²) in [6.07, 6.45) is 3.82. The Hall–Kier alpha value is -1.22. The van der Waals surface area contributed by atoms with Crippen LogP contribution in [-0.2, 0) is 9.53 Å². The predicted octanol–water partition coefficient (Wildman–Crippen LogP) is 3.46. The molecule has 2 saturated heterocycles. The normalized spacial score (nSPS) is 33.4. The third kappa shape index (κ3) is 2.32. The lowest BCUT2D eigenvalue weighted by Gasteiger charge is -2.36. The number of carbonyl (C=O) groups excluding carboxylic acids is 1. The number of benzene rings is 1. The first-order chi connectivity index (χ1) is 9.19. The molecule has 1 unspecified atom stereocenters. The zero-order valence-corrected chi connectivity index (χ0v) is 11.1. The molecule has 0 saturated carbocycles. The second-order valence-corrected chi connectivity index (χ2v) is 5.61. The zero-order valence-electron chi connectivity index (χ0n) is 11.1. The van der Waals surface area contributed by atoms with Gasteiger partial charge in [0.1, 0.15) is 11.6 Å². The average Bonchev–Trinajstić information content (AvgIpc) is 2.80. The molecule has 1 aromatic rings. The van der Waals surface area contributed by atoms with Gasteiger partial charge in [-0.25, -0.2) is 4.39 Å². The molecule has 0 aromatic heterocycles. The Balaban J connectivity index is 1.92. The molecule has 2 aliphatic heterocycles. The maximum absolute atomic E-state index is 13.0. The number of ketones is 1. The van der Waals surface area contributed by atoms with Crippen molar-refractivity contribution in [3.8, 4) is 0 Å². The van der Waals surface area contributed by atoms with E-state index in [1.807, 2.05) is 19.1 Å². The Morgan fingerprint density at radius 2 is 2.05 bits per heavy atom. The predicted molar refractivity (Wildman–Crippen MR) is 70.4 cm³/mol. The molecule has 2 fully saturated rings. The molecule has 0 N–H and O–H groups in total. The van der Waals surface area contributed by atoms with Gasteiger partial charge < -0.3 is 4.74 Å². The summed E-state index contributed by atoms with van der Waals surface area (Å²) in [5.41, 5.74) is 1.08. The van der Waals surface area contributed by atoms with E-state index in [-0.39, 0.29) is 35.6 Å². The van der Waals surface area contributed by atoms with Crippen LogP contribution in [0.5, 0.6) is 0 Å². The highest BCUT2D eigenvalue weighted by Crippen LogP contribution is 2.45. The average molecular weight is 262 g/mol. The first kappa shape index (κ1) is 12.8. The van der Waals surface area contributed by atoms with Crippen LogP contribution in [0.1, 0.15) is 44.1 Å².